The molecule has 1 fully saturated rings. The van der Waals surface area contributed by atoms with Crippen LogP contribution in [0.25, 0.3) is 0 Å². The highest BCUT2D eigenvalue weighted by molar-refractivity contribution is 5.82. The van der Waals surface area contributed by atoms with Crippen molar-refractivity contribution in [3.05, 3.63) is 0 Å². The lowest BCUT2D eigenvalue weighted by atomic mass is 10.1. The van der Waals surface area contributed by atoms with Gasteiger partial charge in [0.15, 0.2) is 0 Å². The van der Waals surface area contributed by atoms with Crippen LogP contribution in [0, 0.1) is 0 Å². The van der Waals surface area contributed by atoms with E-state index in [1.807, 2.05) is 6.92 Å². The third-order valence-corrected chi connectivity index (χ3v) is 3.27. The summed E-state index contributed by atoms with van der Waals surface area (Å²) in [5.41, 5.74) is 0. The Bertz CT molecular complexity index is 303. The van der Waals surface area contributed by atoms with Crippen molar-refractivity contribution in [3.8, 4) is 0 Å². The molecule has 110 valence electrons. The second-order valence-electron chi connectivity index (χ2n) is 5.00. The summed E-state index contributed by atoms with van der Waals surface area (Å²) in [5.74, 6) is -0.988. The molecule has 1 unspecified atom stereocenters. The Morgan fingerprint density at radius 3 is 2.74 bits per heavy atom. The van der Waals surface area contributed by atoms with Crippen LogP contribution in [-0.4, -0.2) is 54.4 Å². The molecule has 0 radical (unpaired) electrons. The number of carboxylic acid groups (broad SMARTS) is 1. The molecule has 2 N–H and O–H groups in total. The Hall–Kier alpha value is -1.30. The fourth-order valence-corrected chi connectivity index (χ4v) is 2.15. The van der Waals surface area contributed by atoms with Crippen molar-refractivity contribution in [1.29, 1.82) is 0 Å². The smallest absolute Gasteiger partial charge is 0.326 e. The minimum absolute atomic E-state index is 0.0685. The van der Waals surface area contributed by atoms with Crippen LogP contribution in [-0.2, 0) is 9.53 Å². The maximum Gasteiger partial charge on any atom is 0.326 e. The van der Waals surface area contributed by atoms with Gasteiger partial charge < -0.3 is 20.1 Å². The first-order valence-electron chi connectivity index (χ1n) is 6.90. The number of rotatable bonds is 6. The zero-order valence-corrected chi connectivity index (χ0v) is 11.7. The van der Waals surface area contributed by atoms with Crippen LogP contribution < -0.4 is 5.32 Å². The van der Waals surface area contributed by atoms with E-state index >= 15 is 0 Å². The molecule has 1 heterocycles. The summed E-state index contributed by atoms with van der Waals surface area (Å²) < 4.78 is 5.56. The van der Waals surface area contributed by atoms with E-state index in [1.165, 1.54) is 4.90 Å². The molecule has 2 amide bonds. The zero-order valence-electron chi connectivity index (χ0n) is 11.7. The van der Waals surface area contributed by atoms with Crippen LogP contribution in [0.4, 0.5) is 4.79 Å². The van der Waals surface area contributed by atoms with Gasteiger partial charge in [0, 0.05) is 20.2 Å². The van der Waals surface area contributed by atoms with E-state index in [-0.39, 0.29) is 12.1 Å². The van der Waals surface area contributed by atoms with Gasteiger partial charge in [0.2, 0.25) is 0 Å². The van der Waals surface area contributed by atoms with Gasteiger partial charge >= 0.3 is 12.0 Å². The van der Waals surface area contributed by atoms with Crippen molar-refractivity contribution in [2.24, 2.45) is 0 Å². The highest BCUT2D eigenvalue weighted by Gasteiger charge is 2.23. The topological polar surface area (TPSA) is 78.9 Å². The fraction of sp³-hybridized carbons (Fsp3) is 0.846. The van der Waals surface area contributed by atoms with Crippen LogP contribution in [0.15, 0.2) is 0 Å². The van der Waals surface area contributed by atoms with Crippen molar-refractivity contribution < 1.29 is 19.4 Å². The summed E-state index contributed by atoms with van der Waals surface area (Å²) in [5, 5.41) is 11.5. The normalized spacial score (nSPS) is 20.6. The summed E-state index contributed by atoms with van der Waals surface area (Å²) >= 11 is 0. The Kier molecular flexibility index (Phi) is 6.62. The van der Waals surface area contributed by atoms with Gasteiger partial charge in [-0.3, -0.25) is 0 Å². The zero-order chi connectivity index (χ0) is 14.3. The van der Waals surface area contributed by atoms with E-state index in [2.05, 4.69) is 5.32 Å². The van der Waals surface area contributed by atoms with Gasteiger partial charge in [-0.05, 0) is 25.7 Å². The van der Waals surface area contributed by atoms with Gasteiger partial charge in [-0.15, -0.1) is 0 Å². The number of ether oxygens (including phenoxy) is 1. The Morgan fingerprint density at radius 2 is 2.21 bits per heavy atom. The second kappa shape index (κ2) is 7.99. The largest absolute Gasteiger partial charge is 0.480 e. The first-order valence-corrected chi connectivity index (χ1v) is 6.90. The Balaban J connectivity index is 2.39. The molecule has 0 aromatic heterocycles. The minimum atomic E-state index is -0.988. The number of aliphatic carboxylic acids is 1. The molecule has 19 heavy (non-hydrogen) atoms. The molecule has 0 bridgehead atoms. The van der Waals surface area contributed by atoms with E-state index in [0.29, 0.717) is 19.4 Å². The fourth-order valence-electron chi connectivity index (χ4n) is 2.15. The predicted molar refractivity (Wildman–Crippen MR) is 71.1 cm³/mol. The molecular formula is C13H24N2O4. The van der Waals surface area contributed by atoms with Gasteiger partial charge in [0.05, 0.1) is 6.10 Å². The molecule has 1 aliphatic heterocycles. The van der Waals surface area contributed by atoms with Crippen molar-refractivity contribution >= 4 is 12.0 Å². The van der Waals surface area contributed by atoms with Crippen LogP contribution in [0.2, 0.25) is 0 Å². The average Bonchev–Trinajstić information content (AvgIpc) is 2.39. The Labute approximate surface area is 114 Å². The molecule has 0 aromatic carbocycles. The number of carbonyl (C=O) groups is 2. The summed E-state index contributed by atoms with van der Waals surface area (Å²) in [6.45, 7) is 3.14. The second-order valence-corrected chi connectivity index (χ2v) is 5.00. The predicted octanol–water partition coefficient (Wildman–Crippen LogP) is 1.45. The number of hydrogen-bond donors (Lipinski definition) is 2. The van der Waals surface area contributed by atoms with Crippen LogP contribution in [0.1, 0.15) is 39.0 Å². The molecule has 1 rings (SSSR count). The van der Waals surface area contributed by atoms with Crippen molar-refractivity contribution in [3.63, 3.8) is 0 Å². The standard InChI is InChI=1S/C13H24N2O4/c1-3-6-11(12(16)17)14-13(18)15(2)9-10-7-4-5-8-19-10/h10-11H,3-9H2,1-2H3,(H,14,18)(H,16,17)/t10?,11-/m0/s1. The molecule has 1 aliphatic rings. The molecule has 1 saturated heterocycles. The summed E-state index contributed by atoms with van der Waals surface area (Å²) in [6.07, 6.45) is 4.37. The third kappa shape index (κ3) is 5.46. The lowest BCUT2D eigenvalue weighted by molar-refractivity contribution is -0.139. The van der Waals surface area contributed by atoms with E-state index in [0.717, 1.165) is 25.9 Å². The van der Waals surface area contributed by atoms with Crippen molar-refractivity contribution in [1.82, 2.24) is 10.2 Å². The number of carboxylic acids is 1. The number of hydrogen-bond acceptors (Lipinski definition) is 3. The van der Waals surface area contributed by atoms with E-state index in [4.69, 9.17) is 9.84 Å². The van der Waals surface area contributed by atoms with E-state index < -0.39 is 12.0 Å². The van der Waals surface area contributed by atoms with Crippen molar-refractivity contribution in [2.45, 2.75) is 51.2 Å². The number of nitrogens with zero attached hydrogens (tertiary/aromatic N) is 1. The summed E-state index contributed by atoms with van der Waals surface area (Å²) in [7, 11) is 1.66. The van der Waals surface area contributed by atoms with Gasteiger partial charge in [-0.2, -0.15) is 0 Å². The van der Waals surface area contributed by atoms with Crippen LogP contribution in [0.5, 0.6) is 0 Å². The molecular weight excluding hydrogens is 248 g/mol. The highest BCUT2D eigenvalue weighted by Crippen LogP contribution is 2.13. The SMILES string of the molecule is CCC[C@H](NC(=O)N(C)CC1CCCCO1)C(=O)O. The Morgan fingerprint density at radius 1 is 1.47 bits per heavy atom. The van der Waals surface area contributed by atoms with Gasteiger partial charge in [-0.25, -0.2) is 9.59 Å². The molecule has 0 aliphatic carbocycles. The van der Waals surface area contributed by atoms with Gasteiger partial charge in [0.25, 0.3) is 0 Å². The number of carbonyl (C=O) groups excluding carboxylic acids is 1. The molecule has 6 heteroatoms. The minimum Gasteiger partial charge on any atom is -0.480 e. The molecule has 0 saturated carbocycles. The van der Waals surface area contributed by atoms with E-state index in [1.54, 1.807) is 7.05 Å². The number of amides is 2. The monoisotopic (exact) mass is 272 g/mol. The lowest BCUT2D eigenvalue weighted by Crippen LogP contribution is -2.48. The molecule has 6 nitrogen and oxygen atoms in total. The number of nitrogens with one attached hydrogen (secondary N) is 1. The van der Waals surface area contributed by atoms with Gasteiger partial charge in [-0.1, -0.05) is 13.3 Å². The van der Waals surface area contributed by atoms with Crippen molar-refractivity contribution in [2.75, 3.05) is 20.2 Å². The summed E-state index contributed by atoms with van der Waals surface area (Å²) in [4.78, 5) is 24.4. The molecule has 0 aromatic rings. The average molecular weight is 272 g/mol. The number of likely N-dealkylation sites (N-methyl/N-ethyl adjacent to an activating group) is 1. The lowest BCUT2D eigenvalue weighted by Gasteiger charge is -2.28. The summed E-state index contributed by atoms with van der Waals surface area (Å²) in [6, 6.07) is -1.16. The van der Waals surface area contributed by atoms with Gasteiger partial charge in [0.1, 0.15) is 6.04 Å². The first-order chi connectivity index (χ1) is 9.04. The maximum absolute atomic E-state index is 11.9. The quantitative estimate of drug-likeness (QED) is 0.767. The number of urea groups is 1. The first kappa shape index (κ1) is 15.8. The van der Waals surface area contributed by atoms with E-state index in [9.17, 15) is 9.59 Å². The molecule has 0 spiro atoms. The third-order valence-electron chi connectivity index (χ3n) is 3.27. The molecule has 2 atom stereocenters. The van der Waals surface area contributed by atoms with Crippen LogP contribution >= 0.6 is 0 Å². The highest BCUT2D eigenvalue weighted by atomic mass is 16.5. The van der Waals surface area contributed by atoms with Crippen LogP contribution in [0.3, 0.4) is 0 Å². The maximum atomic E-state index is 11.9.